The van der Waals surface area contributed by atoms with Crippen LogP contribution < -0.4 is 11.2 Å². The number of aryl methyl sites for hydroxylation is 1. The van der Waals surface area contributed by atoms with Crippen LogP contribution in [0.3, 0.4) is 0 Å². The van der Waals surface area contributed by atoms with Gasteiger partial charge in [-0.3, -0.25) is 19.4 Å². The van der Waals surface area contributed by atoms with Crippen LogP contribution in [0.5, 0.6) is 0 Å². The highest BCUT2D eigenvalue weighted by atomic mass is 16.2. The first-order valence-corrected chi connectivity index (χ1v) is 4.33. The van der Waals surface area contributed by atoms with E-state index < -0.39 is 5.69 Å². The van der Waals surface area contributed by atoms with Gasteiger partial charge in [0.25, 0.3) is 5.56 Å². The number of aromatic amines is 2. The molecule has 0 radical (unpaired) electrons. The molecule has 0 fully saturated rings. The average Bonchev–Trinajstić information content (AvgIpc) is 2.48. The molecule has 0 spiro atoms. The van der Waals surface area contributed by atoms with Gasteiger partial charge in [-0.2, -0.15) is 5.10 Å². The van der Waals surface area contributed by atoms with Crippen molar-refractivity contribution in [3.05, 3.63) is 26.5 Å². The van der Waals surface area contributed by atoms with Crippen LogP contribution in [0.2, 0.25) is 0 Å². The quantitative estimate of drug-likeness (QED) is 0.656. The van der Waals surface area contributed by atoms with Crippen LogP contribution in [0.25, 0.3) is 11.0 Å². The van der Waals surface area contributed by atoms with E-state index in [4.69, 9.17) is 0 Å². The monoisotopic (exact) mass is 194 g/mol. The summed E-state index contributed by atoms with van der Waals surface area (Å²) >= 11 is 0. The van der Waals surface area contributed by atoms with Gasteiger partial charge >= 0.3 is 5.69 Å². The van der Waals surface area contributed by atoms with Crippen LogP contribution in [0.4, 0.5) is 0 Å². The second-order valence-corrected chi connectivity index (χ2v) is 3.05. The van der Waals surface area contributed by atoms with Crippen molar-refractivity contribution in [1.29, 1.82) is 0 Å². The molecular formula is C8H10N4O2. The number of H-pyrrole nitrogens is 2. The SMILES string of the molecule is CCn1c(=O)[nH]c2n[nH]c(C)c2c1=O. The number of nitrogens with one attached hydrogen (secondary N) is 2. The summed E-state index contributed by atoms with van der Waals surface area (Å²) in [5.74, 6) is 0. The summed E-state index contributed by atoms with van der Waals surface area (Å²) in [6.45, 7) is 3.85. The molecule has 14 heavy (non-hydrogen) atoms. The van der Waals surface area contributed by atoms with Crippen molar-refractivity contribution in [2.24, 2.45) is 0 Å². The highest BCUT2D eigenvalue weighted by molar-refractivity contribution is 5.75. The first-order valence-electron chi connectivity index (χ1n) is 4.33. The second kappa shape index (κ2) is 2.83. The lowest BCUT2D eigenvalue weighted by Crippen LogP contribution is -2.34. The molecule has 2 heterocycles. The van der Waals surface area contributed by atoms with E-state index in [1.54, 1.807) is 13.8 Å². The lowest BCUT2D eigenvalue weighted by atomic mass is 10.3. The molecule has 0 unspecified atom stereocenters. The van der Waals surface area contributed by atoms with Crippen molar-refractivity contribution < 1.29 is 0 Å². The largest absolute Gasteiger partial charge is 0.330 e. The van der Waals surface area contributed by atoms with E-state index in [0.29, 0.717) is 23.3 Å². The topological polar surface area (TPSA) is 83.5 Å². The predicted molar refractivity (Wildman–Crippen MR) is 51.4 cm³/mol. The van der Waals surface area contributed by atoms with Gasteiger partial charge in [0, 0.05) is 12.2 Å². The Morgan fingerprint density at radius 2 is 2.14 bits per heavy atom. The number of rotatable bonds is 1. The minimum absolute atomic E-state index is 0.294. The van der Waals surface area contributed by atoms with Gasteiger partial charge in [0.1, 0.15) is 5.39 Å². The lowest BCUT2D eigenvalue weighted by Gasteiger charge is -1.98. The third kappa shape index (κ3) is 1.00. The zero-order valence-corrected chi connectivity index (χ0v) is 7.92. The highest BCUT2D eigenvalue weighted by Gasteiger charge is 2.10. The van der Waals surface area contributed by atoms with Crippen LogP contribution >= 0.6 is 0 Å². The van der Waals surface area contributed by atoms with E-state index in [1.165, 1.54) is 0 Å². The molecule has 0 atom stereocenters. The van der Waals surface area contributed by atoms with Crippen molar-refractivity contribution in [2.75, 3.05) is 0 Å². The van der Waals surface area contributed by atoms with Crippen molar-refractivity contribution >= 4 is 11.0 Å². The summed E-state index contributed by atoms with van der Waals surface area (Å²) in [6, 6.07) is 0. The lowest BCUT2D eigenvalue weighted by molar-refractivity contribution is 0.683. The fourth-order valence-electron chi connectivity index (χ4n) is 1.46. The zero-order chi connectivity index (χ0) is 10.3. The maximum Gasteiger partial charge on any atom is 0.330 e. The van der Waals surface area contributed by atoms with Crippen molar-refractivity contribution in [2.45, 2.75) is 20.4 Å². The molecule has 6 nitrogen and oxygen atoms in total. The van der Waals surface area contributed by atoms with Crippen LogP contribution in [0, 0.1) is 6.92 Å². The first kappa shape index (κ1) is 8.74. The van der Waals surface area contributed by atoms with Crippen LogP contribution in [0.15, 0.2) is 9.59 Å². The molecule has 2 aromatic rings. The Balaban J connectivity index is 3.05. The summed E-state index contributed by atoms with van der Waals surface area (Å²) in [6.07, 6.45) is 0. The Morgan fingerprint density at radius 1 is 1.43 bits per heavy atom. The fourth-order valence-corrected chi connectivity index (χ4v) is 1.46. The van der Waals surface area contributed by atoms with E-state index >= 15 is 0 Å². The summed E-state index contributed by atoms with van der Waals surface area (Å²) in [4.78, 5) is 25.6. The average molecular weight is 194 g/mol. The number of aromatic nitrogens is 4. The Kier molecular flexibility index (Phi) is 1.77. The summed E-state index contributed by atoms with van der Waals surface area (Å²) in [5.41, 5.74) is 0.277. The number of hydrogen-bond acceptors (Lipinski definition) is 3. The molecule has 0 aliphatic rings. The van der Waals surface area contributed by atoms with Gasteiger partial charge in [0.15, 0.2) is 5.65 Å². The van der Waals surface area contributed by atoms with Gasteiger partial charge < -0.3 is 0 Å². The minimum Gasteiger partial charge on any atom is -0.290 e. The van der Waals surface area contributed by atoms with Gasteiger partial charge in [-0.15, -0.1) is 0 Å². The summed E-state index contributed by atoms with van der Waals surface area (Å²) in [7, 11) is 0. The molecule has 0 amide bonds. The van der Waals surface area contributed by atoms with E-state index in [1.807, 2.05) is 0 Å². The summed E-state index contributed by atoms with van der Waals surface area (Å²) in [5, 5.41) is 6.93. The number of hydrogen-bond donors (Lipinski definition) is 2. The van der Waals surface area contributed by atoms with E-state index in [-0.39, 0.29) is 5.56 Å². The van der Waals surface area contributed by atoms with E-state index in [0.717, 1.165) is 4.57 Å². The standard InChI is InChI=1S/C8H10N4O2/c1-3-12-7(13)5-4(2)10-11-6(5)9-8(12)14/h3H2,1-2H3,(H2,9,10,11,14). The fraction of sp³-hybridized carbons (Fsp3) is 0.375. The van der Waals surface area contributed by atoms with Crippen molar-refractivity contribution in [3.8, 4) is 0 Å². The molecule has 0 aliphatic heterocycles. The number of nitrogens with zero attached hydrogens (tertiary/aromatic N) is 2. The van der Waals surface area contributed by atoms with Gasteiger partial charge in [-0.1, -0.05) is 0 Å². The first-order chi connectivity index (χ1) is 6.65. The van der Waals surface area contributed by atoms with Crippen LogP contribution in [-0.4, -0.2) is 19.7 Å². The molecule has 6 heteroatoms. The predicted octanol–water partition coefficient (Wildman–Crippen LogP) is -0.259. The van der Waals surface area contributed by atoms with Gasteiger partial charge in [-0.05, 0) is 13.8 Å². The van der Waals surface area contributed by atoms with Gasteiger partial charge in [-0.25, -0.2) is 4.79 Å². The normalized spacial score (nSPS) is 11.0. The maximum absolute atomic E-state index is 11.7. The Morgan fingerprint density at radius 3 is 2.79 bits per heavy atom. The van der Waals surface area contributed by atoms with Gasteiger partial charge in [0.05, 0.1) is 0 Å². The third-order valence-corrected chi connectivity index (χ3v) is 2.19. The smallest absolute Gasteiger partial charge is 0.290 e. The summed E-state index contributed by atoms with van der Waals surface area (Å²) < 4.78 is 1.14. The molecular weight excluding hydrogens is 184 g/mol. The molecule has 0 saturated heterocycles. The Hall–Kier alpha value is -1.85. The van der Waals surface area contributed by atoms with E-state index in [2.05, 4.69) is 15.2 Å². The molecule has 0 aliphatic carbocycles. The third-order valence-electron chi connectivity index (χ3n) is 2.19. The molecule has 2 rings (SSSR count). The molecule has 0 saturated carbocycles. The zero-order valence-electron chi connectivity index (χ0n) is 7.92. The van der Waals surface area contributed by atoms with Crippen molar-refractivity contribution in [1.82, 2.24) is 19.7 Å². The Bertz CT molecular complexity index is 589. The van der Waals surface area contributed by atoms with E-state index in [9.17, 15) is 9.59 Å². The molecule has 0 bridgehead atoms. The van der Waals surface area contributed by atoms with Crippen LogP contribution in [0.1, 0.15) is 12.6 Å². The minimum atomic E-state index is -0.420. The highest BCUT2D eigenvalue weighted by Crippen LogP contribution is 2.04. The molecule has 2 aromatic heterocycles. The van der Waals surface area contributed by atoms with Gasteiger partial charge in [0.2, 0.25) is 0 Å². The number of fused-ring (bicyclic) bond motifs is 1. The van der Waals surface area contributed by atoms with Crippen molar-refractivity contribution in [3.63, 3.8) is 0 Å². The second-order valence-electron chi connectivity index (χ2n) is 3.05. The maximum atomic E-state index is 11.7. The molecule has 0 aromatic carbocycles. The molecule has 74 valence electrons. The Labute approximate surface area is 78.6 Å². The van der Waals surface area contributed by atoms with Crippen LogP contribution in [-0.2, 0) is 6.54 Å². The molecule has 2 N–H and O–H groups in total.